The summed E-state index contributed by atoms with van der Waals surface area (Å²) in [5, 5.41) is 6.16. The number of fused-ring (bicyclic) bond motifs is 1. The van der Waals surface area contributed by atoms with Gasteiger partial charge in [-0.2, -0.15) is 0 Å². The maximum Gasteiger partial charge on any atom is 0.251 e. The number of rotatable bonds is 7. The number of carbonyl (C=O) groups is 1. The Kier molecular flexibility index (Phi) is 6.11. The number of amidine groups is 1. The minimum absolute atomic E-state index is 0.163. The number of nitrogens with one attached hydrogen (secondary N) is 2. The maximum absolute atomic E-state index is 12.2. The van der Waals surface area contributed by atoms with Gasteiger partial charge in [0.25, 0.3) is 5.91 Å². The molecule has 0 saturated carbocycles. The lowest BCUT2D eigenvalue weighted by molar-refractivity contribution is 0.0953. The Hall–Kier alpha value is -2.71. The summed E-state index contributed by atoms with van der Waals surface area (Å²) in [5.74, 6) is 0.678. The van der Waals surface area contributed by atoms with Crippen LogP contribution in [0.15, 0.2) is 58.4 Å². The summed E-state index contributed by atoms with van der Waals surface area (Å²) < 4.78 is 25.2. The third-order valence-electron chi connectivity index (χ3n) is 4.51. The van der Waals surface area contributed by atoms with E-state index in [1.54, 1.807) is 0 Å². The minimum Gasteiger partial charge on any atom is -0.370 e. The molecule has 2 aromatic carbocycles. The first kappa shape index (κ1) is 20.0. The second-order valence-corrected chi connectivity index (χ2v) is 8.82. The van der Waals surface area contributed by atoms with Crippen LogP contribution in [0.25, 0.3) is 0 Å². The van der Waals surface area contributed by atoms with Crippen molar-refractivity contribution in [2.24, 2.45) is 4.99 Å². The summed E-state index contributed by atoms with van der Waals surface area (Å²) in [6.45, 7) is 1.92. The molecule has 0 aromatic heterocycles. The summed E-state index contributed by atoms with van der Waals surface area (Å²) >= 11 is 0. The Bertz CT molecular complexity index is 983. The number of hydrogen-bond acceptors (Lipinski definition) is 5. The van der Waals surface area contributed by atoms with E-state index in [-0.39, 0.29) is 10.8 Å². The van der Waals surface area contributed by atoms with Crippen LogP contribution >= 0.6 is 0 Å². The number of carbonyl (C=O) groups excluding carboxylic acids is 1. The van der Waals surface area contributed by atoms with Gasteiger partial charge in [-0.3, -0.25) is 9.79 Å². The molecule has 2 aromatic rings. The van der Waals surface area contributed by atoms with Crippen LogP contribution in [0.3, 0.4) is 0 Å². The molecule has 1 aliphatic heterocycles. The lowest BCUT2D eigenvalue weighted by atomic mass is 10.1. The second kappa shape index (κ2) is 8.53. The van der Waals surface area contributed by atoms with Crippen molar-refractivity contribution in [2.45, 2.75) is 17.9 Å². The van der Waals surface area contributed by atoms with Crippen LogP contribution < -0.4 is 10.6 Å². The van der Waals surface area contributed by atoms with E-state index in [9.17, 15) is 13.2 Å². The number of sulfonamides is 1. The van der Waals surface area contributed by atoms with Crippen molar-refractivity contribution in [3.05, 3.63) is 65.2 Å². The molecule has 1 amide bonds. The molecule has 0 atom stereocenters. The molecule has 2 N–H and O–H groups in total. The monoisotopic (exact) mass is 400 g/mol. The Labute approximate surface area is 165 Å². The first-order chi connectivity index (χ1) is 13.4. The van der Waals surface area contributed by atoms with Gasteiger partial charge >= 0.3 is 0 Å². The first-order valence-electron chi connectivity index (χ1n) is 9.07. The lowest BCUT2D eigenvalue weighted by Crippen LogP contribution is -2.30. The average molecular weight is 401 g/mol. The van der Waals surface area contributed by atoms with E-state index in [0.717, 1.165) is 22.1 Å². The maximum atomic E-state index is 12.2. The Morgan fingerprint density at radius 1 is 1.07 bits per heavy atom. The zero-order valence-electron chi connectivity index (χ0n) is 16.0. The summed E-state index contributed by atoms with van der Waals surface area (Å²) in [4.78, 5) is 16.9. The van der Waals surface area contributed by atoms with E-state index >= 15 is 0 Å². The highest BCUT2D eigenvalue weighted by molar-refractivity contribution is 7.89. The second-order valence-electron chi connectivity index (χ2n) is 6.67. The molecule has 0 spiro atoms. The van der Waals surface area contributed by atoms with Crippen molar-refractivity contribution in [1.29, 1.82) is 0 Å². The topological polar surface area (TPSA) is 90.9 Å². The van der Waals surface area contributed by atoms with Gasteiger partial charge < -0.3 is 10.6 Å². The van der Waals surface area contributed by atoms with Gasteiger partial charge in [0, 0.05) is 38.3 Å². The van der Waals surface area contributed by atoms with Crippen molar-refractivity contribution in [1.82, 2.24) is 14.9 Å². The van der Waals surface area contributed by atoms with Crippen molar-refractivity contribution in [2.75, 3.05) is 27.2 Å². The first-order valence-corrected chi connectivity index (χ1v) is 10.5. The molecular formula is C20H24N4O3S. The smallest absolute Gasteiger partial charge is 0.251 e. The van der Waals surface area contributed by atoms with Crippen molar-refractivity contribution >= 4 is 21.8 Å². The predicted octanol–water partition coefficient (Wildman–Crippen LogP) is 1.61. The van der Waals surface area contributed by atoms with E-state index in [4.69, 9.17) is 0 Å². The summed E-state index contributed by atoms with van der Waals surface area (Å²) in [5.41, 5.74) is 2.79. The van der Waals surface area contributed by atoms with Crippen LogP contribution in [-0.4, -0.2) is 51.7 Å². The summed E-state index contributed by atoms with van der Waals surface area (Å²) in [6, 6.07) is 14.1. The van der Waals surface area contributed by atoms with Crippen LogP contribution in [0.5, 0.6) is 0 Å². The third kappa shape index (κ3) is 4.40. The van der Waals surface area contributed by atoms with Crippen LogP contribution in [0.2, 0.25) is 0 Å². The highest BCUT2D eigenvalue weighted by Gasteiger charge is 2.17. The molecule has 0 aliphatic carbocycles. The van der Waals surface area contributed by atoms with E-state index < -0.39 is 10.0 Å². The zero-order valence-corrected chi connectivity index (χ0v) is 16.8. The fourth-order valence-corrected chi connectivity index (χ4v) is 3.78. The molecular weight excluding hydrogens is 376 g/mol. The van der Waals surface area contributed by atoms with E-state index in [0.29, 0.717) is 25.2 Å². The molecule has 0 saturated heterocycles. The Morgan fingerprint density at radius 2 is 1.79 bits per heavy atom. The zero-order chi connectivity index (χ0) is 20.1. The third-order valence-corrected chi connectivity index (χ3v) is 6.34. The highest BCUT2D eigenvalue weighted by atomic mass is 32.2. The van der Waals surface area contributed by atoms with Gasteiger partial charge in [0.2, 0.25) is 10.0 Å². The molecule has 8 heteroatoms. The summed E-state index contributed by atoms with van der Waals surface area (Å²) in [6.07, 6.45) is 0.750. The van der Waals surface area contributed by atoms with E-state index in [2.05, 4.69) is 27.8 Å². The molecule has 1 heterocycles. The predicted molar refractivity (Wildman–Crippen MR) is 109 cm³/mol. The molecule has 3 rings (SSSR count). The number of amides is 1. The standard InChI is InChI=1S/C20H24N4O3S/c1-24(2)28(26,27)17-10-8-15(9-11-17)20(25)22-13-5-12-21-19-18-7-4-3-6-16(18)14-23-19/h3-4,6-11H,5,12-14H2,1-2H3,(H,21,23)(H,22,25). The van der Waals surface area contributed by atoms with Gasteiger partial charge in [-0.05, 0) is 36.2 Å². The number of benzene rings is 2. The van der Waals surface area contributed by atoms with Crippen LogP contribution in [0.4, 0.5) is 0 Å². The quantitative estimate of drug-likeness (QED) is 0.691. The molecule has 0 unspecified atom stereocenters. The van der Waals surface area contributed by atoms with Gasteiger partial charge in [-0.1, -0.05) is 24.3 Å². The van der Waals surface area contributed by atoms with Gasteiger partial charge in [0.05, 0.1) is 11.4 Å². The molecule has 148 valence electrons. The van der Waals surface area contributed by atoms with Gasteiger partial charge in [-0.15, -0.1) is 0 Å². The molecule has 0 radical (unpaired) electrons. The van der Waals surface area contributed by atoms with E-state index in [1.165, 1.54) is 43.9 Å². The van der Waals surface area contributed by atoms with Gasteiger partial charge in [0.1, 0.15) is 5.84 Å². The normalized spacial score (nSPS) is 13.2. The number of aliphatic imine (C=N–C) groups is 1. The highest BCUT2D eigenvalue weighted by Crippen LogP contribution is 2.17. The molecule has 0 bridgehead atoms. The van der Waals surface area contributed by atoms with Crippen LogP contribution in [0.1, 0.15) is 27.9 Å². The van der Waals surface area contributed by atoms with Crippen molar-refractivity contribution in [3.8, 4) is 0 Å². The summed E-state index contributed by atoms with van der Waals surface area (Å²) in [7, 11) is -0.547. The Morgan fingerprint density at radius 3 is 2.50 bits per heavy atom. The average Bonchev–Trinajstić information content (AvgIpc) is 3.11. The number of nitrogens with zero attached hydrogens (tertiary/aromatic N) is 2. The van der Waals surface area contributed by atoms with Crippen molar-refractivity contribution in [3.63, 3.8) is 0 Å². The molecule has 7 nitrogen and oxygen atoms in total. The molecule has 0 fully saturated rings. The molecule has 1 aliphatic rings. The van der Waals surface area contributed by atoms with Crippen molar-refractivity contribution < 1.29 is 13.2 Å². The lowest BCUT2D eigenvalue weighted by Gasteiger charge is -2.12. The minimum atomic E-state index is -3.49. The number of hydrogen-bond donors (Lipinski definition) is 2. The fourth-order valence-electron chi connectivity index (χ4n) is 2.88. The fraction of sp³-hybridized carbons (Fsp3) is 0.300. The van der Waals surface area contributed by atoms with Crippen LogP contribution in [-0.2, 0) is 16.6 Å². The SMILES string of the molecule is CN(C)S(=O)(=O)c1ccc(C(=O)NCCCNC2=NCc3ccccc32)cc1. The van der Waals surface area contributed by atoms with E-state index in [1.807, 2.05) is 12.1 Å². The van der Waals surface area contributed by atoms with Crippen LogP contribution in [0, 0.1) is 0 Å². The Balaban J connectivity index is 1.44. The van der Waals surface area contributed by atoms with Gasteiger partial charge in [-0.25, -0.2) is 12.7 Å². The molecule has 28 heavy (non-hydrogen) atoms. The van der Waals surface area contributed by atoms with Gasteiger partial charge in [0.15, 0.2) is 0 Å². The largest absolute Gasteiger partial charge is 0.370 e.